The molecule has 1 aliphatic carbocycles. The summed E-state index contributed by atoms with van der Waals surface area (Å²) >= 11 is 0. The van der Waals surface area contributed by atoms with Crippen molar-refractivity contribution in [1.29, 1.82) is 0 Å². The third-order valence-corrected chi connectivity index (χ3v) is 5.01. The first-order chi connectivity index (χ1) is 16.2. The van der Waals surface area contributed by atoms with Gasteiger partial charge in [0.2, 0.25) is 0 Å². The fraction of sp³-hybridized carbons (Fsp3) is 0.212. The number of terminal acetylenes is 1. The van der Waals surface area contributed by atoms with Gasteiger partial charge in [0.05, 0.1) is 5.41 Å². The van der Waals surface area contributed by atoms with E-state index >= 15 is 0 Å². The Morgan fingerprint density at radius 3 is 1.91 bits per heavy atom. The SMILES string of the molecule is C#CC.C=C/C=C(\C=C/C)C1(c2ccccc2)C(C=C)=C(C=C)c2ccccc21.CC.CC. The molecular weight excluding hydrogens is 396 g/mol. The lowest BCUT2D eigenvalue weighted by Crippen LogP contribution is -2.29. The van der Waals surface area contributed by atoms with Crippen molar-refractivity contribution in [3.63, 3.8) is 0 Å². The van der Waals surface area contributed by atoms with E-state index in [0.29, 0.717) is 0 Å². The van der Waals surface area contributed by atoms with Crippen LogP contribution in [0.15, 0.2) is 122 Å². The van der Waals surface area contributed by atoms with Crippen LogP contribution in [0.3, 0.4) is 0 Å². The number of allylic oxidation sites excluding steroid dienone is 9. The third kappa shape index (κ3) is 6.03. The third-order valence-electron chi connectivity index (χ3n) is 5.01. The molecule has 0 bridgehead atoms. The van der Waals surface area contributed by atoms with E-state index < -0.39 is 5.41 Å². The molecule has 0 radical (unpaired) electrons. The smallest absolute Gasteiger partial charge is 0.0713 e. The van der Waals surface area contributed by atoms with Gasteiger partial charge in [0.1, 0.15) is 0 Å². The van der Waals surface area contributed by atoms with Crippen LogP contribution in [0.25, 0.3) is 5.57 Å². The van der Waals surface area contributed by atoms with Crippen molar-refractivity contribution < 1.29 is 0 Å². The summed E-state index contributed by atoms with van der Waals surface area (Å²) in [6.07, 6.45) is 16.7. The summed E-state index contributed by atoms with van der Waals surface area (Å²) in [6, 6.07) is 19.2. The zero-order valence-electron chi connectivity index (χ0n) is 21.4. The van der Waals surface area contributed by atoms with Crippen molar-refractivity contribution in [1.82, 2.24) is 0 Å². The second-order valence-corrected chi connectivity index (χ2v) is 6.54. The molecule has 0 saturated carbocycles. The Kier molecular flexibility index (Phi) is 14.4. The minimum Gasteiger partial charge on any atom is -0.120 e. The normalized spacial score (nSPS) is 16.0. The zero-order chi connectivity index (χ0) is 25.3. The summed E-state index contributed by atoms with van der Waals surface area (Å²) < 4.78 is 0. The number of fused-ring (bicyclic) bond motifs is 1. The molecule has 1 atom stereocenters. The van der Waals surface area contributed by atoms with Crippen molar-refractivity contribution in [2.45, 2.75) is 47.0 Å². The highest BCUT2D eigenvalue weighted by Crippen LogP contribution is 2.55. The van der Waals surface area contributed by atoms with Gasteiger partial charge in [-0.3, -0.25) is 0 Å². The van der Waals surface area contributed by atoms with Crippen LogP contribution in [0.5, 0.6) is 0 Å². The van der Waals surface area contributed by atoms with Crippen LogP contribution in [0, 0.1) is 12.3 Å². The molecule has 0 aliphatic heterocycles. The molecule has 0 fully saturated rings. The maximum Gasteiger partial charge on any atom is 0.0713 e. The quantitative estimate of drug-likeness (QED) is 0.312. The van der Waals surface area contributed by atoms with Crippen LogP contribution in [0.2, 0.25) is 0 Å². The Morgan fingerprint density at radius 2 is 1.42 bits per heavy atom. The van der Waals surface area contributed by atoms with E-state index in [1.807, 2.05) is 52.8 Å². The molecule has 0 amide bonds. The first-order valence-corrected chi connectivity index (χ1v) is 11.7. The molecule has 0 N–H and O–H groups in total. The molecule has 0 spiro atoms. The van der Waals surface area contributed by atoms with Crippen LogP contribution >= 0.6 is 0 Å². The highest BCUT2D eigenvalue weighted by Gasteiger charge is 2.46. The zero-order valence-corrected chi connectivity index (χ0v) is 21.4. The Labute approximate surface area is 203 Å². The lowest BCUT2D eigenvalue weighted by molar-refractivity contribution is 0.760. The summed E-state index contributed by atoms with van der Waals surface area (Å²) in [7, 11) is 0. The number of hydrogen-bond donors (Lipinski definition) is 0. The van der Waals surface area contributed by atoms with Gasteiger partial charge in [-0.25, -0.2) is 0 Å². The van der Waals surface area contributed by atoms with Crippen LogP contribution < -0.4 is 0 Å². The fourth-order valence-electron chi connectivity index (χ4n) is 4.11. The van der Waals surface area contributed by atoms with Gasteiger partial charge in [-0.15, -0.1) is 12.3 Å². The lowest BCUT2D eigenvalue weighted by Gasteiger charge is -2.35. The van der Waals surface area contributed by atoms with E-state index in [-0.39, 0.29) is 0 Å². The average molecular weight is 437 g/mol. The maximum atomic E-state index is 4.60. The Bertz CT molecular complexity index is 1020. The molecule has 0 heterocycles. The molecule has 0 aromatic heterocycles. The van der Waals surface area contributed by atoms with Gasteiger partial charge in [0.15, 0.2) is 0 Å². The van der Waals surface area contributed by atoms with E-state index in [4.69, 9.17) is 0 Å². The van der Waals surface area contributed by atoms with Gasteiger partial charge >= 0.3 is 0 Å². The first kappa shape index (κ1) is 29.4. The maximum absolute atomic E-state index is 4.60. The predicted octanol–water partition coefficient (Wildman–Crippen LogP) is 9.49. The number of benzene rings is 2. The van der Waals surface area contributed by atoms with Crippen LogP contribution in [-0.2, 0) is 5.41 Å². The van der Waals surface area contributed by atoms with E-state index in [1.54, 1.807) is 6.92 Å². The van der Waals surface area contributed by atoms with Gasteiger partial charge in [-0.05, 0) is 47.3 Å². The van der Waals surface area contributed by atoms with Crippen LogP contribution in [0.1, 0.15) is 58.2 Å². The number of hydrogen-bond acceptors (Lipinski definition) is 0. The highest BCUT2D eigenvalue weighted by atomic mass is 14.5. The molecule has 2 aromatic carbocycles. The molecule has 2 aromatic rings. The van der Waals surface area contributed by atoms with Crippen LogP contribution in [-0.4, -0.2) is 0 Å². The summed E-state index contributed by atoms with van der Waals surface area (Å²) in [5, 5.41) is 0. The minimum atomic E-state index is -0.427. The second kappa shape index (κ2) is 16.1. The summed E-state index contributed by atoms with van der Waals surface area (Å²) in [5.74, 6) is 2.25. The van der Waals surface area contributed by atoms with Crippen LogP contribution in [0.4, 0.5) is 0 Å². The monoisotopic (exact) mass is 436 g/mol. The standard InChI is InChI=1S/C26H24.C3H4.2C2H6/c1-5-14-20(15-6-2)26(21-16-10-9-11-17-21)24(8-4)22(7-3)23-18-12-13-19-25(23)26;1-3-2;2*1-2/h5-19H,1,3-4H2,2H3;1H,2H3;2*1-2H3/b15-6-,20-14+;;;. The summed E-state index contributed by atoms with van der Waals surface area (Å²) in [4.78, 5) is 0. The number of rotatable bonds is 6. The predicted molar refractivity (Wildman–Crippen MR) is 151 cm³/mol. The van der Waals surface area contributed by atoms with E-state index in [2.05, 4.69) is 105 Å². The molecule has 33 heavy (non-hydrogen) atoms. The first-order valence-electron chi connectivity index (χ1n) is 11.7. The Hall–Kier alpha value is -3.56. The Balaban J connectivity index is 0.00000132. The van der Waals surface area contributed by atoms with Gasteiger partial charge in [-0.1, -0.05) is 138 Å². The van der Waals surface area contributed by atoms with Gasteiger partial charge in [0, 0.05) is 0 Å². The lowest BCUT2D eigenvalue weighted by atomic mass is 9.66. The Morgan fingerprint density at radius 1 is 0.879 bits per heavy atom. The largest absolute Gasteiger partial charge is 0.120 e. The van der Waals surface area contributed by atoms with Gasteiger partial charge < -0.3 is 0 Å². The molecular formula is C33H40. The molecule has 172 valence electrons. The van der Waals surface area contributed by atoms with E-state index in [9.17, 15) is 0 Å². The fourth-order valence-corrected chi connectivity index (χ4v) is 4.11. The summed E-state index contributed by atoms with van der Waals surface area (Å²) in [5.41, 5.74) is 6.71. The van der Waals surface area contributed by atoms with Crippen molar-refractivity contribution in [2.24, 2.45) is 0 Å². The summed E-state index contributed by atoms with van der Waals surface area (Å²) in [6.45, 7) is 23.9. The van der Waals surface area contributed by atoms with Crippen molar-refractivity contribution in [3.05, 3.63) is 139 Å². The average Bonchev–Trinajstić information content (AvgIpc) is 3.17. The van der Waals surface area contributed by atoms with Gasteiger partial charge in [-0.2, -0.15) is 0 Å². The van der Waals surface area contributed by atoms with Crippen molar-refractivity contribution >= 4 is 5.57 Å². The molecule has 0 saturated heterocycles. The second-order valence-electron chi connectivity index (χ2n) is 6.54. The van der Waals surface area contributed by atoms with Crippen molar-refractivity contribution in [2.75, 3.05) is 0 Å². The molecule has 0 heteroatoms. The van der Waals surface area contributed by atoms with E-state index in [0.717, 1.165) is 11.1 Å². The van der Waals surface area contributed by atoms with Gasteiger partial charge in [0.25, 0.3) is 0 Å². The topological polar surface area (TPSA) is 0 Å². The molecule has 0 nitrogen and oxygen atoms in total. The highest BCUT2D eigenvalue weighted by molar-refractivity contribution is 5.91. The molecule has 1 unspecified atom stereocenters. The molecule has 1 aliphatic rings. The van der Waals surface area contributed by atoms with E-state index in [1.165, 1.54) is 22.3 Å². The minimum absolute atomic E-state index is 0.427. The van der Waals surface area contributed by atoms with Crippen molar-refractivity contribution in [3.8, 4) is 12.3 Å². The molecule has 3 rings (SSSR count).